The van der Waals surface area contributed by atoms with E-state index in [-0.39, 0.29) is 11.9 Å². The molecule has 0 fully saturated rings. The molecule has 0 N–H and O–H groups in total. The summed E-state index contributed by atoms with van der Waals surface area (Å²) < 4.78 is 0. The van der Waals surface area contributed by atoms with Crippen LogP contribution in [0.4, 0.5) is 0 Å². The molecule has 0 aromatic rings. The predicted octanol–water partition coefficient (Wildman–Crippen LogP) is 2.89. The highest BCUT2D eigenvalue weighted by Crippen LogP contribution is 2.05. The van der Waals surface area contributed by atoms with Gasteiger partial charge in [0.25, 0.3) is 0 Å². The van der Waals surface area contributed by atoms with Crippen molar-refractivity contribution < 1.29 is 4.79 Å². The maximum absolute atomic E-state index is 11.6. The van der Waals surface area contributed by atoms with E-state index >= 15 is 0 Å². The molecule has 78 valence electrons. The second-order valence-electron chi connectivity index (χ2n) is 3.30. The molecule has 1 amide bonds. The van der Waals surface area contributed by atoms with Crippen molar-refractivity contribution in [3.05, 3.63) is 37.6 Å². The first kappa shape index (κ1) is 12.7. The van der Waals surface area contributed by atoms with Crippen molar-refractivity contribution >= 4 is 5.91 Å². The molecule has 0 saturated heterocycles. The second kappa shape index (κ2) is 7.13. The SMILES string of the molecule is C=C/C=C/N(C(=O)CCC=C)C(C)C. The van der Waals surface area contributed by atoms with Gasteiger partial charge in [-0.1, -0.05) is 18.7 Å². The van der Waals surface area contributed by atoms with Crippen molar-refractivity contribution in [2.75, 3.05) is 0 Å². The van der Waals surface area contributed by atoms with Crippen LogP contribution in [0.3, 0.4) is 0 Å². The van der Waals surface area contributed by atoms with Gasteiger partial charge in [0.1, 0.15) is 0 Å². The molecule has 0 unspecified atom stereocenters. The quantitative estimate of drug-likeness (QED) is 0.469. The van der Waals surface area contributed by atoms with Gasteiger partial charge in [0.05, 0.1) is 0 Å². The molecule has 0 saturated carbocycles. The fourth-order valence-corrected chi connectivity index (χ4v) is 1.05. The van der Waals surface area contributed by atoms with Crippen LogP contribution < -0.4 is 0 Å². The molecule has 2 heteroatoms. The molecule has 0 heterocycles. The molecule has 14 heavy (non-hydrogen) atoms. The number of allylic oxidation sites excluding steroid dienone is 3. The van der Waals surface area contributed by atoms with E-state index in [9.17, 15) is 4.79 Å². The van der Waals surface area contributed by atoms with Gasteiger partial charge in [0.15, 0.2) is 0 Å². The third kappa shape index (κ3) is 4.65. The molecule has 0 aromatic carbocycles. The Hall–Kier alpha value is -1.31. The fourth-order valence-electron chi connectivity index (χ4n) is 1.05. The molecule has 0 rings (SSSR count). The summed E-state index contributed by atoms with van der Waals surface area (Å²) in [4.78, 5) is 13.4. The van der Waals surface area contributed by atoms with E-state index in [1.807, 2.05) is 13.8 Å². The summed E-state index contributed by atoms with van der Waals surface area (Å²) in [6.45, 7) is 11.1. The maximum Gasteiger partial charge on any atom is 0.227 e. The largest absolute Gasteiger partial charge is 0.317 e. The van der Waals surface area contributed by atoms with Crippen molar-refractivity contribution in [2.45, 2.75) is 32.7 Å². The predicted molar refractivity (Wildman–Crippen MR) is 60.8 cm³/mol. The van der Waals surface area contributed by atoms with Gasteiger partial charge >= 0.3 is 0 Å². The Bertz CT molecular complexity index is 228. The lowest BCUT2D eigenvalue weighted by Crippen LogP contribution is -2.31. The summed E-state index contributed by atoms with van der Waals surface area (Å²) in [5.74, 6) is 0.123. The molecule has 2 nitrogen and oxygen atoms in total. The van der Waals surface area contributed by atoms with E-state index < -0.39 is 0 Å². The van der Waals surface area contributed by atoms with Crippen LogP contribution in [-0.2, 0) is 4.79 Å². The Morgan fingerprint density at radius 3 is 2.50 bits per heavy atom. The van der Waals surface area contributed by atoms with Crippen LogP contribution in [0.2, 0.25) is 0 Å². The Labute approximate surface area is 86.6 Å². The van der Waals surface area contributed by atoms with E-state index in [0.29, 0.717) is 6.42 Å². The van der Waals surface area contributed by atoms with Gasteiger partial charge in [-0.2, -0.15) is 0 Å². The lowest BCUT2D eigenvalue weighted by atomic mass is 10.2. The van der Waals surface area contributed by atoms with Crippen LogP contribution >= 0.6 is 0 Å². The lowest BCUT2D eigenvalue weighted by molar-refractivity contribution is -0.129. The summed E-state index contributed by atoms with van der Waals surface area (Å²) in [6, 6.07) is 0.184. The molecule has 0 radical (unpaired) electrons. The van der Waals surface area contributed by atoms with Gasteiger partial charge in [-0.05, 0) is 26.3 Å². The molecule has 0 aliphatic heterocycles. The summed E-state index contributed by atoms with van der Waals surface area (Å²) in [6.07, 6.45) is 8.20. The van der Waals surface area contributed by atoms with Gasteiger partial charge in [-0.25, -0.2) is 0 Å². The van der Waals surface area contributed by atoms with Crippen LogP contribution in [0.25, 0.3) is 0 Å². The van der Waals surface area contributed by atoms with Crippen molar-refractivity contribution in [3.63, 3.8) is 0 Å². The molecular formula is C12H19NO. The molecule has 0 aliphatic carbocycles. The average molecular weight is 193 g/mol. The van der Waals surface area contributed by atoms with E-state index in [0.717, 1.165) is 6.42 Å². The van der Waals surface area contributed by atoms with Crippen molar-refractivity contribution in [1.29, 1.82) is 0 Å². The Morgan fingerprint density at radius 2 is 2.07 bits per heavy atom. The number of nitrogens with zero attached hydrogens (tertiary/aromatic N) is 1. The van der Waals surface area contributed by atoms with Crippen molar-refractivity contribution in [2.24, 2.45) is 0 Å². The maximum atomic E-state index is 11.6. The Morgan fingerprint density at radius 1 is 1.43 bits per heavy atom. The number of rotatable bonds is 6. The first-order chi connectivity index (χ1) is 6.63. The first-order valence-electron chi connectivity index (χ1n) is 4.84. The van der Waals surface area contributed by atoms with Gasteiger partial charge in [-0.15, -0.1) is 6.58 Å². The van der Waals surface area contributed by atoms with E-state index in [4.69, 9.17) is 0 Å². The van der Waals surface area contributed by atoms with Crippen LogP contribution in [0, 0.1) is 0 Å². The fraction of sp³-hybridized carbons (Fsp3) is 0.417. The highest BCUT2D eigenvalue weighted by molar-refractivity contribution is 5.77. The summed E-state index contributed by atoms with van der Waals surface area (Å²) in [7, 11) is 0. The Kier molecular flexibility index (Phi) is 6.46. The molecule has 0 aliphatic rings. The van der Waals surface area contributed by atoms with Gasteiger partial charge < -0.3 is 4.90 Å². The summed E-state index contributed by atoms with van der Waals surface area (Å²) in [5, 5.41) is 0. The standard InChI is InChI=1S/C12H19NO/c1-5-7-9-12(14)13(11(3)4)10-8-6-2/h5-6,8,10-11H,1-2,7,9H2,3-4H3/b10-8+. The highest BCUT2D eigenvalue weighted by atomic mass is 16.2. The number of hydrogen-bond donors (Lipinski definition) is 0. The zero-order valence-corrected chi connectivity index (χ0v) is 9.07. The lowest BCUT2D eigenvalue weighted by Gasteiger charge is -2.22. The van der Waals surface area contributed by atoms with E-state index in [2.05, 4.69) is 13.2 Å². The minimum atomic E-state index is 0.123. The minimum Gasteiger partial charge on any atom is -0.317 e. The second-order valence-corrected chi connectivity index (χ2v) is 3.30. The average Bonchev–Trinajstić information content (AvgIpc) is 2.14. The molecular weight excluding hydrogens is 174 g/mol. The van der Waals surface area contributed by atoms with E-state index in [1.54, 1.807) is 29.3 Å². The molecule has 0 bridgehead atoms. The monoisotopic (exact) mass is 193 g/mol. The number of carbonyl (C=O) groups is 1. The highest BCUT2D eigenvalue weighted by Gasteiger charge is 2.12. The third-order valence-electron chi connectivity index (χ3n) is 1.79. The van der Waals surface area contributed by atoms with Gasteiger partial charge in [-0.3, -0.25) is 4.79 Å². The molecule has 0 aromatic heterocycles. The number of hydrogen-bond acceptors (Lipinski definition) is 1. The number of amides is 1. The Balaban J connectivity index is 4.32. The zero-order chi connectivity index (χ0) is 11.0. The third-order valence-corrected chi connectivity index (χ3v) is 1.79. The molecule has 0 atom stereocenters. The first-order valence-corrected chi connectivity index (χ1v) is 4.84. The van der Waals surface area contributed by atoms with Crippen LogP contribution in [0.1, 0.15) is 26.7 Å². The van der Waals surface area contributed by atoms with Crippen LogP contribution in [0.5, 0.6) is 0 Å². The summed E-state index contributed by atoms with van der Waals surface area (Å²) >= 11 is 0. The van der Waals surface area contributed by atoms with E-state index in [1.165, 1.54) is 0 Å². The van der Waals surface area contributed by atoms with Crippen LogP contribution in [0.15, 0.2) is 37.6 Å². The van der Waals surface area contributed by atoms with Crippen molar-refractivity contribution in [1.82, 2.24) is 4.90 Å². The topological polar surface area (TPSA) is 20.3 Å². The van der Waals surface area contributed by atoms with Crippen LogP contribution in [-0.4, -0.2) is 16.8 Å². The van der Waals surface area contributed by atoms with Gasteiger partial charge in [0.2, 0.25) is 5.91 Å². The van der Waals surface area contributed by atoms with Crippen molar-refractivity contribution in [3.8, 4) is 0 Å². The number of carbonyl (C=O) groups excluding carboxylic acids is 1. The minimum absolute atomic E-state index is 0.123. The van der Waals surface area contributed by atoms with Gasteiger partial charge in [0, 0.05) is 18.7 Å². The summed E-state index contributed by atoms with van der Waals surface area (Å²) in [5.41, 5.74) is 0. The smallest absolute Gasteiger partial charge is 0.227 e. The molecule has 0 spiro atoms. The normalized spacial score (nSPS) is 10.5. The zero-order valence-electron chi connectivity index (χ0n) is 9.07.